The summed E-state index contributed by atoms with van der Waals surface area (Å²) >= 11 is 0. The smallest absolute Gasteiger partial charge is 0.0982 e. The van der Waals surface area contributed by atoms with Crippen molar-refractivity contribution in [2.75, 3.05) is 0 Å². The average Bonchev–Trinajstić information content (AvgIpc) is 2.94. The molecule has 0 aliphatic rings. The van der Waals surface area contributed by atoms with Crippen molar-refractivity contribution in [3.8, 4) is 0 Å². The van der Waals surface area contributed by atoms with E-state index in [-0.39, 0.29) is 0 Å². The van der Waals surface area contributed by atoms with Crippen molar-refractivity contribution in [3.63, 3.8) is 0 Å². The van der Waals surface area contributed by atoms with Gasteiger partial charge in [0.2, 0.25) is 0 Å². The monoisotopic (exact) mass is 377 g/mol. The Balaban J connectivity index is 2.74. The van der Waals surface area contributed by atoms with Crippen molar-refractivity contribution < 1.29 is 10.2 Å². The molecule has 148 valence electrons. The maximum absolute atomic E-state index is 11.0. The molecule has 2 rings (SSSR count). The van der Waals surface area contributed by atoms with Crippen molar-refractivity contribution in [1.29, 1.82) is 0 Å². The quantitative estimate of drug-likeness (QED) is 0.512. The Morgan fingerprint density at radius 3 is 1.68 bits per heavy atom. The van der Waals surface area contributed by atoms with E-state index in [9.17, 15) is 10.2 Å². The highest BCUT2D eigenvalue weighted by atomic mass is 16.3. The lowest BCUT2D eigenvalue weighted by atomic mass is 10.00. The summed E-state index contributed by atoms with van der Waals surface area (Å²) in [6, 6.07) is 10.00. The SMILES string of the molecule is C=Cc1c(C=C)c(C(O)CC(=C)C)n(Cc2ccccc2)c1C(O)CC(=C)C. The summed E-state index contributed by atoms with van der Waals surface area (Å²) in [5.41, 5.74) is 5.92. The van der Waals surface area contributed by atoms with Crippen LogP contribution in [0, 0.1) is 0 Å². The van der Waals surface area contributed by atoms with Crippen LogP contribution in [0.25, 0.3) is 12.2 Å². The second-order valence-electron chi connectivity index (χ2n) is 7.43. The largest absolute Gasteiger partial charge is 0.387 e. The zero-order valence-electron chi connectivity index (χ0n) is 17.0. The van der Waals surface area contributed by atoms with Crippen LogP contribution in [-0.2, 0) is 6.54 Å². The third-order valence-electron chi connectivity index (χ3n) is 4.73. The molecule has 0 radical (unpaired) electrons. The number of benzene rings is 1. The molecular formula is C25H31NO2. The Bertz CT molecular complexity index is 822. The molecule has 3 nitrogen and oxygen atoms in total. The van der Waals surface area contributed by atoms with Gasteiger partial charge in [-0.3, -0.25) is 0 Å². The normalized spacial score (nSPS) is 13.0. The number of aliphatic hydroxyl groups excluding tert-OH is 2. The van der Waals surface area contributed by atoms with Gasteiger partial charge in [0.1, 0.15) is 0 Å². The lowest BCUT2D eigenvalue weighted by molar-refractivity contribution is 0.156. The summed E-state index contributed by atoms with van der Waals surface area (Å²) in [6.07, 6.45) is 2.83. The van der Waals surface area contributed by atoms with Gasteiger partial charge in [-0.2, -0.15) is 0 Å². The van der Waals surface area contributed by atoms with Crippen molar-refractivity contribution in [2.24, 2.45) is 0 Å². The summed E-state index contributed by atoms with van der Waals surface area (Å²) in [6.45, 7) is 20.1. The summed E-state index contributed by atoms with van der Waals surface area (Å²) < 4.78 is 2.00. The summed E-state index contributed by atoms with van der Waals surface area (Å²) in [5, 5.41) is 22.0. The second kappa shape index (κ2) is 9.54. The van der Waals surface area contributed by atoms with Gasteiger partial charge in [-0.25, -0.2) is 0 Å². The first kappa shape index (κ1) is 21.7. The molecule has 0 fully saturated rings. The highest BCUT2D eigenvalue weighted by molar-refractivity contribution is 5.70. The molecule has 0 aliphatic heterocycles. The zero-order valence-corrected chi connectivity index (χ0v) is 17.0. The number of hydrogen-bond acceptors (Lipinski definition) is 2. The average molecular weight is 378 g/mol. The van der Waals surface area contributed by atoms with Crippen LogP contribution in [0.2, 0.25) is 0 Å². The minimum atomic E-state index is -0.751. The molecule has 28 heavy (non-hydrogen) atoms. The van der Waals surface area contributed by atoms with E-state index in [1.165, 1.54) is 0 Å². The van der Waals surface area contributed by atoms with Gasteiger partial charge in [-0.1, -0.05) is 66.8 Å². The molecule has 0 saturated carbocycles. The van der Waals surface area contributed by atoms with E-state index in [1.54, 1.807) is 12.2 Å². The highest BCUT2D eigenvalue weighted by Crippen LogP contribution is 2.37. The standard InChI is InChI=1S/C25H31NO2/c1-7-20-21(8-2)25(23(28)15-18(5)6)26(16-19-12-10-9-11-13-19)24(20)22(27)14-17(3)4/h7-13,22-23,27-28H,1-3,5,14-16H2,4,6H3. The van der Waals surface area contributed by atoms with Crippen LogP contribution in [-0.4, -0.2) is 14.8 Å². The fraction of sp³-hybridized carbons (Fsp3) is 0.280. The highest BCUT2D eigenvalue weighted by Gasteiger charge is 2.28. The van der Waals surface area contributed by atoms with Gasteiger partial charge in [0.15, 0.2) is 0 Å². The van der Waals surface area contributed by atoms with E-state index in [4.69, 9.17) is 0 Å². The molecule has 2 unspecified atom stereocenters. The fourth-order valence-corrected chi connectivity index (χ4v) is 3.63. The van der Waals surface area contributed by atoms with Gasteiger partial charge in [0.25, 0.3) is 0 Å². The van der Waals surface area contributed by atoms with Crippen LogP contribution in [0.1, 0.15) is 67.0 Å². The second-order valence-corrected chi connectivity index (χ2v) is 7.43. The first-order valence-corrected chi connectivity index (χ1v) is 9.50. The molecule has 3 heteroatoms. The van der Waals surface area contributed by atoms with E-state index < -0.39 is 12.2 Å². The minimum absolute atomic E-state index is 0.437. The molecule has 1 heterocycles. The molecule has 0 spiro atoms. The first-order chi connectivity index (χ1) is 13.3. The van der Waals surface area contributed by atoms with Gasteiger partial charge in [-0.15, -0.1) is 13.2 Å². The third-order valence-corrected chi connectivity index (χ3v) is 4.73. The number of hydrogen-bond donors (Lipinski definition) is 2. The lowest BCUT2D eigenvalue weighted by Crippen LogP contribution is -2.15. The minimum Gasteiger partial charge on any atom is -0.387 e. The van der Waals surface area contributed by atoms with Crippen LogP contribution < -0.4 is 0 Å². The molecule has 2 aromatic rings. The lowest BCUT2D eigenvalue weighted by Gasteiger charge is -2.21. The molecule has 0 amide bonds. The van der Waals surface area contributed by atoms with Crippen molar-refractivity contribution >= 4 is 12.2 Å². The van der Waals surface area contributed by atoms with Crippen LogP contribution in [0.4, 0.5) is 0 Å². The Hall–Kier alpha value is -2.62. The summed E-state index contributed by atoms with van der Waals surface area (Å²) in [4.78, 5) is 0. The Morgan fingerprint density at radius 1 is 0.893 bits per heavy atom. The van der Waals surface area contributed by atoms with Crippen LogP contribution in [0.5, 0.6) is 0 Å². The van der Waals surface area contributed by atoms with Crippen LogP contribution in [0.15, 0.2) is 67.8 Å². The first-order valence-electron chi connectivity index (χ1n) is 9.50. The van der Waals surface area contributed by atoms with Gasteiger partial charge in [0.05, 0.1) is 23.6 Å². The summed E-state index contributed by atoms with van der Waals surface area (Å²) in [5.74, 6) is 0. The van der Waals surface area contributed by atoms with Crippen molar-refractivity contribution in [3.05, 3.63) is 95.9 Å². The molecule has 0 aliphatic carbocycles. The van der Waals surface area contributed by atoms with Gasteiger partial charge >= 0.3 is 0 Å². The molecule has 0 saturated heterocycles. The molecule has 0 bridgehead atoms. The fourth-order valence-electron chi connectivity index (χ4n) is 3.63. The molecule has 1 aromatic heterocycles. The molecule has 1 aromatic carbocycles. The maximum atomic E-state index is 11.0. The van der Waals surface area contributed by atoms with Crippen molar-refractivity contribution in [2.45, 2.75) is 45.4 Å². The van der Waals surface area contributed by atoms with E-state index in [0.717, 1.165) is 39.2 Å². The van der Waals surface area contributed by atoms with Crippen LogP contribution >= 0.6 is 0 Å². The van der Waals surface area contributed by atoms with Gasteiger partial charge < -0.3 is 14.8 Å². The molecule has 2 atom stereocenters. The van der Waals surface area contributed by atoms with Gasteiger partial charge in [-0.05, 0) is 32.3 Å². The van der Waals surface area contributed by atoms with Crippen LogP contribution in [0.3, 0.4) is 0 Å². The third kappa shape index (κ3) is 4.80. The van der Waals surface area contributed by atoms with Gasteiger partial charge in [0, 0.05) is 17.7 Å². The molecule has 2 N–H and O–H groups in total. The predicted octanol–water partition coefficient (Wildman–Crippen LogP) is 5.82. The van der Waals surface area contributed by atoms with E-state index in [1.807, 2.05) is 48.7 Å². The van der Waals surface area contributed by atoms with E-state index in [2.05, 4.69) is 26.3 Å². The summed E-state index contributed by atoms with van der Waals surface area (Å²) in [7, 11) is 0. The predicted molar refractivity (Wildman–Crippen MR) is 119 cm³/mol. The Labute approximate surface area is 168 Å². The topological polar surface area (TPSA) is 45.4 Å². The Morgan fingerprint density at radius 2 is 1.32 bits per heavy atom. The zero-order chi connectivity index (χ0) is 20.8. The van der Waals surface area contributed by atoms with E-state index in [0.29, 0.717) is 19.4 Å². The number of aromatic nitrogens is 1. The number of nitrogens with zero attached hydrogens (tertiary/aromatic N) is 1. The van der Waals surface area contributed by atoms with E-state index >= 15 is 0 Å². The number of rotatable bonds is 10. The van der Waals surface area contributed by atoms with Crippen molar-refractivity contribution in [1.82, 2.24) is 4.57 Å². The molecular weight excluding hydrogens is 346 g/mol. The maximum Gasteiger partial charge on any atom is 0.0982 e. The Kier molecular flexibility index (Phi) is 7.38. The number of aliphatic hydroxyl groups is 2.